The quantitative estimate of drug-likeness (QED) is 0.275. The fourth-order valence-corrected chi connectivity index (χ4v) is 3.66. The van der Waals surface area contributed by atoms with Gasteiger partial charge < -0.3 is 9.84 Å². The summed E-state index contributed by atoms with van der Waals surface area (Å²) in [6.45, 7) is 6.67. The van der Waals surface area contributed by atoms with Crippen molar-refractivity contribution in [3.05, 3.63) is 82.7 Å². The highest BCUT2D eigenvalue weighted by atomic mass is 16.6. The Hall–Kier alpha value is -5.00. The van der Waals surface area contributed by atoms with E-state index < -0.39 is 22.7 Å². The highest BCUT2D eigenvalue weighted by Gasteiger charge is 2.30. The number of aromatic nitrogens is 4. The summed E-state index contributed by atoms with van der Waals surface area (Å²) in [5, 5.41) is 29.4. The predicted molar refractivity (Wildman–Crippen MR) is 134 cm³/mol. The summed E-state index contributed by atoms with van der Waals surface area (Å²) in [6.07, 6.45) is 1.24. The minimum atomic E-state index is -1.36. The molecule has 2 aromatic heterocycles. The Morgan fingerprint density at radius 2 is 1.81 bits per heavy atom. The van der Waals surface area contributed by atoms with Crippen molar-refractivity contribution in [1.29, 1.82) is 0 Å². The van der Waals surface area contributed by atoms with Crippen LogP contribution in [-0.4, -0.2) is 47.4 Å². The van der Waals surface area contributed by atoms with Gasteiger partial charge in [0.2, 0.25) is 0 Å². The van der Waals surface area contributed by atoms with Gasteiger partial charge in [0, 0.05) is 36.2 Å². The van der Waals surface area contributed by atoms with Crippen molar-refractivity contribution in [2.24, 2.45) is 0 Å². The number of hydrogen-bond acceptors (Lipinski definition) is 7. The van der Waals surface area contributed by atoms with Gasteiger partial charge in [0.15, 0.2) is 5.82 Å². The summed E-state index contributed by atoms with van der Waals surface area (Å²) in [5.41, 5.74) is 1.14. The van der Waals surface area contributed by atoms with Gasteiger partial charge >= 0.3 is 12.2 Å². The monoisotopic (exact) mass is 504 g/mol. The lowest BCUT2D eigenvalue weighted by molar-refractivity contribution is -0.384. The molecule has 2 aromatic carbocycles. The summed E-state index contributed by atoms with van der Waals surface area (Å²) in [7, 11) is 0. The van der Waals surface area contributed by atoms with Gasteiger partial charge in [-0.25, -0.2) is 19.2 Å². The number of non-ortho nitro benzene ring substituents is 1. The van der Waals surface area contributed by atoms with Crippen molar-refractivity contribution in [2.75, 3.05) is 4.90 Å². The van der Waals surface area contributed by atoms with Crippen molar-refractivity contribution < 1.29 is 24.4 Å². The van der Waals surface area contributed by atoms with E-state index in [0.717, 1.165) is 15.3 Å². The van der Waals surface area contributed by atoms with Gasteiger partial charge in [-0.05, 0) is 57.5 Å². The normalized spacial score (nSPS) is 11.2. The molecular formula is C25H24N6O6. The lowest BCUT2D eigenvalue weighted by Crippen LogP contribution is -2.34. The molecule has 0 saturated heterocycles. The number of ether oxygens (including phenoxy) is 1. The molecule has 37 heavy (non-hydrogen) atoms. The highest BCUT2D eigenvalue weighted by molar-refractivity contribution is 5.97. The number of amides is 1. The van der Waals surface area contributed by atoms with Crippen LogP contribution in [0.3, 0.4) is 0 Å². The fraction of sp³-hybridized carbons (Fsp3) is 0.200. The molecule has 0 atom stereocenters. The Bertz CT molecular complexity index is 1470. The van der Waals surface area contributed by atoms with Gasteiger partial charge in [-0.3, -0.25) is 10.1 Å². The van der Waals surface area contributed by atoms with Crippen molar-refractivity contribution in [3.8, 4) is 16.9 Å². The van der Waals surface area contributed by atoms with E-state index in [2.05, 4.69) is 10.2 Å². The van der Waals surface area contributed by atoms with Crippen molar-refractivity contribution in [3.63, 3.8) is 0 Å². The van der Waals surface area contributed by atoms with Crippen LogP contribution in [0.5, 0.6) is 0 Å². The Balaban J connectivity index is 1.82. The summed E-state index contributed by atoms with van der Waals surface area (Å²) in [4.78, 5) is 37.2. The molecule has 12 heteroatoms. The van der Waals surface area contributed by atoms with E-state index in [9.17, 15) is 24.8 Å². The Labute approximate surface area is 211 Å². The third kappa shape index (κ3) is 5.32. The molecule has 0 aliphatic rings. The third-order valence-corrected chi connectivity index (χ3v) is 5.25. The Morgan fingerprint density at radius 1 is 1.11 bits per heavy atom. The van der Waals surface area contributed by atoms with E-state index in [4.69, 9.17) is 4.74 Å². The van der Waals surface area contributed by atoms with Crippen LogP contribution < -0.4 is 4.90 Å². The molecule has 0 fully saturated rings. The number of nitro groups is 1. The molecule has 2 heterocycles. The molecule has 1 amide bonds. The maximum Gasteiger partial charge on any atom is 0.432 e. The summed E-state index contributed by atoms with van der Waals surface area (Å²) in [5.74, 6) is -0.0280. The zero-order valence-corrected chi connectivity index (χ0v) is 20.5. The van der Waals surface area contributed by atoms with Crippen LogP contribution in [0, 0.1) is 17.0 Å². The van der Waals surface area contributed by atoms with Gasteiger partial charge in [0.1, 0.15) is 5.60 Å². The van der Waals surface area contributed by atoms with E-state index in [-0.39, 0.29) is 22.9 Å². The lowest BCUT2D eigenvalue weighted by Gasteiger charge is -2.26. The highest BCUT2D eigenvalue weighted by Crippen LogP contribution is 2.34. The molecule has 12 nitrogen and oxygen atoms in total. The number of benzene rings is 2. The largest absolute Gasteiger partial charge is 0.463 e. The van der Waals surface area contributed by atoms with Crippen LogP contribution in [-0.2, 0) is 4.74 Å². The molecule has 0 unspecified atom stereocenters. The number of carbonyl (C=O) groups excluding carboxylic acids is 1. The van der Waals surface area contributed by atoms with Crippen LogP contribution in [0.2, 0.25) is 0 Å². The molecule has 190 valence electrons. The van der Waals surface area contributed by atoms with Crippen molar-refractivity contribution in [2.45, 2.75) is 33.3 Å². The molecule has 1 N–H and O–H groups in total. The minimum absolute atomic E-state index is 0.0280. The van der Waals surface area contributed by atoms with E-state index in [1.54, 1.807) is 75.1 Å². The average Bonchev–Trinajstić information content (AvgIpc) is 3.50. The molecule has 0 saturated carbocycles. The summed E-state index contributed by atoms with van der Waals surface area (Å²) in [6, 6.07) is 14.2. The first kappa shape index (κ1) is 25.1. The molecular weight excluding hydrogens is 480 g/mol. The lowest BCUT2D eigenvalue weighted by atomic mass is 10.1. The third-order valence-electron chi connectivity index (χ3n) is 5.25. The zero-order chi connectivity index (χ0) is 26.9. The standard InChI is InChI=1S/C25H24N6O6/c1-16-14-19(31(35)36)10-11-20(16)29(24(34)37-25(2,3)4)22-15-21(30(27-22)23(32)33)17-6-8-18(9-7-17)28-13-5-12-26-28/h5-15H,1-4H3,(H,32,33). The van der Waals surface area contributed by atoms with Crippen LogP contribution in [0.1, 0.15) is 26.3 Å². The van der Waals surface area contributed by atoms with Gasteiger partial charge in [0.25, 0.3) is 5.69 Å². The molecule has 0 aliphatic heterocycles. The number of carbonyl (C=O) groups is 2. The number of hydrogen-bond donors (Lipinski definition) is 1. The van der Waals surface area contributed by atoms with E-state index in [0.29, 0.717) is 11.1 Å². The second-order valence-electron chi connectivity index (χ2n) is 9.12. The Morgan fingerprint density at radius 3 is 2.35 bits per heavy atom. The predicted octanol–water partition coefficient (Wildman–Crippen LogP) is 5.55. The molecule has 4 aromatic rings. The first-order chi connectivity index (χ1) is 17.4. The molecule has 0 bridgehead atoms. The second-order valence-corrected chi connectivity index (χ2v) is 9.12. The number of anilines is 2. The molecule has 0 aliphatic carbocycles. The molecule has 0 radical (unpaired) electrons. The fourth-order valence-electron chi connectivity index (χ4n) is 3.66. The number of aryl methyl sites for hydroxylation is 1. The number of rotatable bonds is 5. The van der Waals surface area contributed by atoms with Gasteiger partial charge in [0.05, 0.1) is 22.0 Å². The van der Waals surface area contributed by atoms with E-state index >= 15 is 0 Å². The van der Waals surface area contributed by atoms with Crippen LogP contribution in [0.4, 0.5) is 26.8 Å². The number of nitrogens with zero attached hydrogens (tertiary/aromatic N) is 6. The zero-order valence-electron chi connectivity index (χ0n) is 20.5. The molecule has 0 spiro atoms. The average molecular weight is 505 g/mol. The van der Waals surface area contributed by atoms with Gasteiger partial charge in [-0.15, -0.1) is 5.10 Å². The SMILES string of the molecule is Cc1cc([N+](=O)[O-])ccc1N(C(=O)OC(C)(C)C)c1cc(-c2ccc(-n3cccn3)cc2)n(C(=O)O)n1. The summed E-state index contributed by atoms with van der Waals surface area (Å²) >= 11 is 0. The van der Waals surface area contributed by atoms with Crippen molar-refractivity contribution in [1.82, 2.24) is 19.6 Å². The Kier molecular flexibility index (Phi) is 6.49. The topological polar surface area (TPSA) is 146 Å². The number of nitro benzene ring substituents is 1. The van der Waals surface area contributed by atoms with Crippen LogP contribution in [0.25, 0.3) is 16.9 Å². The van der Waals surface area contributed by atoms with E-state index in [1.165, 1.54) is 24.3 Å². The van der Waals surface area contributed by atoms with Crippen LogP contribution >= 0.6 is 0 Å². The summed E-state index contributed by atoms with van der Waals surface area (Å²) < 4.78 is 7.98. The van der Waals surface area contributed by atoms with Crippen molar-refractivity contribution >= 4 is 29.4 Å². The minimum Gasteiger partial charge on any atom is -0.463 e. The maximum atomic E-state index is 13.3. The number of carboxylic acid groups (broad SMARTS) is 1. The van der Waals surface area contributed by atoms with Crippen LogP contribution in [0.15, 0.2) is 67.0 Å². The maximum absolute atomic E-state index is 13.3. The first-order valence-corrected chi connectivity index (χ1v) is 11.2. The van der Waals surface area contributed by atoms with E-state index in [1.807, 2.05) is 0 Å². The van der Waals surface area contributed by atoms with Gasteiger partial charge in [-0.1, -0.05) is 12.1 Å². The molecule has 4 rings (SSSR count). The second kappa shape index (κ2) is 9.57. The first-order valence-electron chi connectivity index (χ1n) is 11.2. The van der Waals surface area contributed by atoms with Gasteiger partial charge in [-0.2, -0.15) is 9.78 Å². The smallest absolute Gasteiger partial charge is 0.432 e.